The van der Waals surface area contributed by atoms with E-state index < -0.39 is 6.10 Å². The molecule has 1 fully saturated rings. The van der Waals surface area contributed by atoms with E-state index in [1.165, 1.54) is 0 Å². The van der Waals surface area contributed by atoms with Crippen LogP contribution in [0, 0.1) is 5.92 Å². The van der Waals surface area contributed by atoms with Crippen molar-refractivity contribution in [3.8, 4) is 5.75 Å². The van der Waals surface area contributed by atoms with E-state index in [9.17, 15) is 9.90 Å². The molecule has 4 N–H and O–H groups in total. The van der Waals surface area contributed by atoms with Gasteiger partial charge in [0, 0.05) is 12.0 Å². The quantitative estimate of drug-likeness (QED) is 0.691. The first kappa shape index (κ1) is 14.8. The van der Waals surface area contributed by atoms with Gasteiger partial charge in [0.2, 0.25) is 5.91 Å². The molecule has 0 radical (unpaired) electrons. The summed E-state index contributed by atoms with van der Waals surface area (Å²) in [4.78, 5) is 11.9. The molecule has 110 valence electrons. The number of hydrogen-bond donors (Lipinski definition) is 3. The number of hydrogen-bond acceptors (Lipinski definition) is 4. The SMILES string of the molecule is N[C@H]1CC[C@H](C(=O)NCCOc2ccccc2)C[C@@H]1O. The number of aliphatic hydroxyl groups excluding tert-OH is 1. The van der Waals surface area contributed by atoms with Gasteiger partial charge in [-0.25, -0.2) is 0 Å². The van der Waals surface area contributed by atoms with E-state index in [1.54, 1.807) is 0 Å². The summed E-state index contributed by atoms with van der Waals surface area (Å²) < 4.78 is 5.50. The van der Waals surface area contributed by atoms with Gasteiger partial charge >= 0.3 is 0 Å². The molecule has 1 aliphatic rings. The molecule has 0 aliphatic heterocycles. The monoisotopic (exact) mass is 278 g/mol. The van der Waals surface area contributed by atoms with Gasteiger partial charge in [0.1, 0.15) is 12.4 Å². The molecule has 1 aliphatic carbocycles. The third kappa shape index (κ3) is 4.21. The number of para-hydroxylation sites is 1. The molecule has 0 saturated heterocycles. The Morgan fingerprint density at radius 2 is 2.10 bits per heavy atom. The van der Waals surface area contributed by atoms with Crippen molar-refractivity contribution in [2.75, 3.05) is 13.2 Å². The van der Waals surface area contributed by atoms with Gasteiger partial charge < -0.3 is 20.9 Å². The van der Waals surface area contributed by atoms with Crippen molar-refractivity contribution in [1.29, 1.82) is 0 Å². The van der Waals surface area contributed by atoms with Gasteiger partial charge in [0.05, 0.1) is 12.6 Å². The maximum absolute atomic E-state index is 11.9. The molecule has 5 heteroatoms. The molecule has 0 heterocycles. The molecule has 3 atom stereocenters. The van der Waals surface area contributed by atoms with Crippen LogP contribution in [0.15, 0.2) is 30.3 Å². The minimum absolute atomic E-state index is 0.0207. The molecule has 0 spiro atoms. The van der Waals surface area contributed by atoms with Gasteiger partial charge in [-0.3, -0.25) is 4.79 Å². The molecular formula is C15H22N2O3. The Morgan fingerprint density at radius 1 is 1.35 bits per heavy atom. The van der Waals surface area contributed by atoms with Gasteiger partial charge in [0.25, 0.3) is 0 Å². The average Bonchev–Trinajstić information content (AvgIpc) is 2.47. The Hall–Kier alpha value is -1.59. The predicted octanol–water partition coefficient (Wildman–Crippen LogP) is 0.670. The average molecular weight is 278 g/mol. The van der Waals surface area contributed by atoms with Gasteiger partial charge in [-0.1, -0.05) is 18.2 Å². The third-order valence-corrected chi connectivity index (χ3v) is 3.65. The first-order valence-electron chi connectivity index (χ1n) is 7.06. The summed E-state index contributed by atoms with van der Waals surface area (Å²) in [7, 11) is 0. The van der Waals surface area contributed by atoms with E-state index in [0.29, 0.717) is 26.0 Å². The fourth-order valence-electron chi connectivity index (χ4n) is 2.41. The van der Waals surface area contributed by atoms with Crippen LogP contribution in [-0.4, -0.2) is 36.3 Å². The van der Waals surface area contributed by atoms with Crippen molar-refractivity contribution in [2.45, 2.75) is 31.4 Å². The van der Waals surface area contributed by atoms with E-state index in [-0.39, 0.29) is 17.9 Å². The number of amides is 1. The van der Waals surface area contributed by atoms with Gasteiger partial charge in [-0.05, 0) is 31.4 Å². The van der Waals surface area contributed by atoms with Crippen LogP contribution in [0.5, 0.6) is 5.75 Å². The van der Waals surface area contributed by atoms with E-state index in [0.717, 1.165) is 12.2 Å². The van der Waals surface area contributed by atoms with Crippen LogP contribution >= 0.6 is 0 Å². The second-order valence-corrected chi connectivity index (χ2v) is 5.19. The highest BCUT2D eigenvalue weighted by atomic mass is 16.5. The standard InChI is InChI=1S/C15H22N2O3/c16-13-7-6-11(10-14(13)18)15(19)17-8-9-20-12-4-2-1-3-5-12/h1-5,11,13-14,18H,6-10,16H2,(H,17,19)/t11-,13-,14-/m0/s1. The molecule has 2 rings (SSSR count). The van der Waals surface area contributed by atoms with Crippen LogP contribution in [0.25, 0.3) is 0 Å². The van der Waals surface area contributed by atoms with Gasteiger partial charge in [0.15, 0.2) is 0 Å². The Balaban J connectivity index is 1.65. The molecule has 5 nitrogen and oxygen atoms in total. The lowest BCUT2D eigenvalue weighted by Gasteiger charge is -2.29. The first-order valence-corrected chi connectivity index (χ1v) is 7.06. The van der Waals surface area contributed by atoms with Crippen LogP contribution in [0.1, 0.15) is 19.3 Å². The molecule has 20 heavy (non-hydrogen) atoms. The van der Waals surface area contributed by atoms with Gasteiger partial charge in [-0.2, -0.15) is 0 Å². The molecule has 1 aromatic carbocycles. The van der Waals surface area contributed by atoms with E-state index >= 15 is 0 Å². The molecule has 0 bridgehead atoms. The summed E-state index contributed by atoms with van der Waals surface area (Å²) in [5.41, 5.74) is 5.72. The molecular weight excluding hydrogens is 256 g/mol. The summed E-state index contributed by atoms with van der Waals surface area (Å²) in [6, 6.07) is 9.29. The molecule has 0 unspecified atom stereocenters. The highest BCUT2D eigenvalue weighted by Gasteiger charge is 2.30. The number of rotatable bonds is 5. The topological polar surface area (TPSA) is 84.6 Å². The fraction of sp³-hybridized carbons (Fsp3) is 0.533. The van der Waals surface area contributed by atoms with E-state index in [2.05, 4.69) is 5.32 Å². The second kappa shape index (κ2) is 7.26. The fourth-order valence-corrected chi connectivity index (χ4v) is 2.41. The van der Waals surface area contributed by atoms with Crippen LogP contribution < -0.4 is 15.8 Å². The summed E-state index contributed by atoms with van der Waals surface area (Å²) >= 11 is 0. The Bertz CT molecular complexity index is 424. The van der Waals surface area contributed by atoms with Crippen molar-refractivity contribution in [2.24, 2.45) is 11.7 Å². The van der Waals surface area contributed by atoms with Crippen LogP contribution in [0.2, 0.25) is 0 Å². The van der Waals surface area contributed by atoms with Gasteiger partial charge in [-0.15, -0.1) is 0 Å². The lowest BCUT2D eigenvalue weighted by atomic mass is 9.84. The highest BCUT2D eigenvalue weighted by Crippen LogP contribution is 2.23. The summed E-state index contributed by atoms with van der Waals surface area (Å²) in [5.74, 6) is 0.634. The normalized spacial score (nSPS) is 26.0. The largest absolute Gasteiger partial charge is 0.492 e. The third-order valence-electron chi connectivity index (χ3n) is 3.65. The maximum Gasteiger partial charge on any atom is 0.223 e. The minimum atomic E-state index is -0.569. The number of nitrogens with two attached hydrogens (primary N) is 1. The zero-order chi connectivity index (χ0) is 14.4. The summed E-state index contributed by atoms with van der Waals surface area (Å²) in [6.45, 7) is 0.900. The zero-order valence-electron chi connectivity index (χ0n) is 11.5. The Morgan fingerprint density at radius 3 is 2.80 bits per heavy atom. The number of aliphatic hydroxyl groups is 1. The smallest absolute Gasteiger partial charge is 0.223 e. The van der Waals surface area contributed by atoms with Crippen molar-refractivity contribution < 1.29 is 14.6 Å². The molecule has 1 amide bonds. The number of carbonyl (C=O) groups excluding carboxylic acids is 1. The van der Waals surface area contributed by atoms with Crippen molar-refractivity contribution >= 4 is 5.91 Å². The van der Waals surface area contributed by atoms with Crippen molar-refractivity contribution in [1.82, 2.24) is 5.32 Å². The number of carbonyl (C=O) groups is 1. The Labute approximate surface area is 119 Å². The second-order valence-electron chi connectivity index (χ2n) is 5.19. The lowest BCUT2D eigenvalue weighted by molar-refractivity contribution is -0.127. The predicted molar refractivity (Wildman–Crippen MR) is 76.3 cm³/mol. The van der Waals surface area contributed by atoms with Crippen molar-refractivity contribution in [3.63, 3.8) is 0 Å². The molecule has 1 saturated carbocycles. The number of benzene rings is 1. The highest BCUT2D eigenvalue weighted by molar-refractivity contribution is 5.78. The van der Waals surface area contributed by atoms with E-state index in [4.69, 9.17) is 10.5 Å². The molecule has 1 aromatic rings. The van der Waals surface area contributed by atoms with Crippen LogP contribution in [0.4, 0.5) is 0 Å². The van der Waals surface area contributed by atoms with Crippen LogP contribution in [-0.2, 0) is 4.79 Å². The Kier molecular flexibility index (Phi) is 5.38. The summed E-state index contributed by atoms with van der Waals surface area (Å²) in [5, 5.41) is 12.5. The molecule has 0 aromatic heterocycles. The van der Waals surface area contributed by atoms with E-state index in [1.807, 2.05) is 30.3 Å². The number of nitrogens with one attached hydrogen (secondary N) is 1. The first-order chi connectivity index (χ1) is 9.66. The number of ether oxygens (including phenoxy) is 1. The lowest BCUT2D eigenvalue weighted by Crippen LogP contribution is -2.45. The van der Waals surface area contributed by atoms with Crippen LogP contribution in [0.3, 0.4) is 0 Å². The minimum Gasteiger partial charge on any atom is -0.492 e. The van der Waals surface area contributed by atoms with Crippen molar-refractivity contribution in [3.05, 3.63) is 30.3 Å². The maximum atomic E-state index is 11.9. The summed E-state index contributed by atoms with van der Waals surface area (Å²) in [6.07, 6.45) is 1.32. The zero-order valence-corrected chi connectivity index (χ0v) is 11.5.